The van der Waals surface area contributed by atoms with E-state index in [1.165, 1.54) is 19.3 Å². The first-order chi connectivity index (χ1) is 7.72. The molecule has 0 heterocycles. The van der Waals surface area contributed by atoms with Crippen LogP contribution in [0, 0.1) is 15.0 Å². The predicted octanol–water partition coefficient (Wildman–Crippen LogP) is 3.08. The molecule has 0 aliphatic heterocycles. The third-order valence-corrected chi connectivity index (χ3v) is 2.51. The molecule has 0 amide bonds. The van der Waals surface area contributed by atoms with Crippen molar-refractivity contribution in [3.8, 4) is 0 Å². The Hall–Kier alpha value is -1.20. The lowest BCUT2D eigenvalue weighted by Gasteiger charge is -2.06. The van der Waals surface area contributed by atoms with Crippen molar-refractivity contribution < 1.29 is 9.76 Å². The van der Waals surface area contributed by atoms with Crippen LogP contribution in [0.3, 0.4) is 0 Å². The van der Waals surface area contributed by atoms with E-state index in [0.29, 0.717) is 6.42 Å². The summed E-state index contributed by atoms with van der Waals surface area (Å²) in [7, 11) is 0. The molecule has 0 saturated carbocycles. The summed E-state index contributed by atoms with van der Waals surface area (Å²) in [5.74, 6) is 0. The van der Waals surface area contributed by atoms with E-state index in [0.717, 1.165) is 19.3 Å². The smallest absolute Gasteiger partial charge is 0.249 e. The molecule has 0 aromatic heterocycles. The van der Waals surface area contributed by atoms with Crippen LogP contribution in [-0.4, -0.2) is 17.6 Å². The fraction of sp³-hybridized carbons (Fsp3) is 1.00. The summed E-state index contributed by atoms with van der Waals surface area (Å²) in [6.45, 7) is 1.93. The highest BCUT2D eigenvalue weighted by Gasteiger charge is 2.20. The van der Waals surface area contributed by atoms with Crippen molar-refractivity contribution in [1.82, 2.24) is 0 Å². The Morgan fingerprint density at radius 3 is 2.44 bits per heavy atom. The van der Waals surface area contributed by atoms with Crippen LogP contribution >= 0.6 is 0 Å². The molecule has 0 aliphatic carbocycles. The molecule has 0 rings (SSSR count). The summed E-state index contributed by atoms with van der Waals surface area (Å²) in [5, 5.41) is 12.7. The Morgan fingerprint density at radius 2 is 1.88 bits per heavy atom. The molecule has 0 aliphatic rings. The summed E-state index contributed by atoms with van der Waals surface area (Å²) in [6.07, 6.45) is 6.97. The number of hydrogen-bond donors (Lipinski definition) is 0. The van der Waals surface area contributed by atoms with Crippen LogP contribution in [0.5, 0.6) is 0 Å². The van der Waals surface area contributed by atoms with Gasteiger partial charge in [-0.2, -0.15) is 0 Å². The molecule has 0 bridgehead atoms. The molecule has 1 unspecified atom stereocenters. The minimum absolute atomic E-state index is 0.217. The molecule has 16 heavy (non-hydrogen) atoms. The van der Waals surface area contributed by atoms with Crippen LogP contribution in [0.25, 0.3) is 0 Å². The number of hydrogen-bond acceptors (Lipinski definition) is 5. The van der Waals surface area contributed by atoms with Gasteiger partial charge in [0.1, 0.15) is 0 Å². The van der Waals surface area contributed by atoms with Crippen LogP contribution in [-0.2, 0) is 4.84 Å². The molecule has 0 N–H and O–H groups in total. The van der Waals surface area contributed by atoms with Gasteiger partial charge in [-0.15, -0.1) is 4.91 Å². The SMILES string of the molecule is CCCCCCCCC(CON=O)[N+](=O)[O-]. The van der Waals surface area contributed by atoms with Crippen molar-refractivity contribution in [3.63, 3.8) is 0 Å². The molecule has 94 valence electrons. The Kier molecular flexibility index (Phi) is 9.55. The van der Waals surface area contributed by atoms with Gasteiger partial charge in [-0.25, -0.2) is 0 Å². The molecule has 6 heteroatoms. The van der Waals surface area contributed by atoms with Crippen molar-refractivity contribution in [1.29, 1.82) is 0 Å². The minimum atomic E-state index is -0.802. The summed E-state index contributed by atoms with van der Waals surface area (Å²) in [6, 6.07) is -0.802. The number of nitro groups is 1. The van der Waals surface area contributed by atoms with Crippen LogP contribution in [0.4, 0.5) is 0 Å². The van der Waals surface area contributed by atoms with Gasteiger partial charge in [0.15, 0.2) is 11.9 Å². The van der Waals surface area contributed by atoms with Gasteiger partial charge >= 0.3 is 0 Å². The maximum atomic E-state index is 10.6. The Bertz CT molecular complexity index is 199. The quantitative estimate of drug-likeness (QED) is 0.237. The highest BCUT2D eigenvalue weighted by atomic mass is 16.7. The van der Waals surface area contributed by atoms with Crippen molar-refractivity contribution in [2.24, 2.45) is 5.34 Å². The van der Waals surface area contributed by atoms with E-state index in [2.05, 4.69) is 17.1 Å². The third-order valence-electron chi connectivity index (χ3n) is 2.51. The van der Waals surface area contributed by atoms with E-state index in [9.17, 15) is 15.0 Å². The van der Waals surface area contributed by atoms with Gasteiger partial charge in [0.2, 0.25) is 6.04 Å². The first-order valence-electron chi connectivity index (χ1n) is 5.80. The Balaban J connectivity index is 3.52. The second-order valence-corrected chi connectivity index (χ2v) is 3.87. The average Bonchev–Trinajstić information content (AvgIpc) is 2.26. The molecular weight excluding hydrogens is 212 g/mol. The Morgan fingerprint density at radius 1 is 1.25 bits per heavy atom. The fourth-order valence-electron chi connectivity index (χ4n) is 1.53. The molecule has 0 spiro atoms. The topological polar surface area (TPSA) is 81.8 Å². The molecule has 0 aromatic rings. The minimum Gasteiger partial charge on any atom is -0.357 e. The second kappa shape index (κ2) is 10.3. The first-order valence-corrected chi connectivity index (χ1v) is 5.80. The molecule has 0 radical (unpaired) electrons. The van der Waals surface area contributed by atoms with Crippen LogP contribution in [0.2, 0.25) is 0 Å². The molecule has 1 atom stereocenters. The van der Waals surface area contributed by atoms with Crippen molar-refractivity contribution in [2.45, 2.75) is 57.9 Å². The van der Waals surface area contributed by atoms with Gasteiger partial charge in [0.05, 0.1) is 0 Å². The van der Waals surface area contributed by atoms with Crippen LogP contribution in [0.15, 0.2) is 5.34 Å². The zero-order valence-electron chi connectivity index (χ0n) is 9.76. The maximum absolute atomic E-state index is 10.6. The summed E-state index contributed by atoms with van der Waals surface area (Å²) < 4.78 is 0. The summed E-state index contributed by atoms with van der Waals surface area (Å²) in [5.41, 5.74) is 0. The highest BCUT2D eigenvalue weighted by Crippen LogP contribution is 2.10. The number of nitrogens with zero attached hydrogens (tertiary/aromatic N) is 2. The number of rotatable bonds is 11. The van der Waals surface area contributed by atoms with E-state index in [1.54, 1.807) is 0 Å². The molecule has 0 fully saturated rings. The highest BCUT2D eigenvalue weighted by molar-refractivity contribution is 4.56. The van der Waals surface area contributed by atoms with Crippen LogP contribution < -0.4 is 0 Å². The monoisotopic (exact) mass is 232 g/mol. The third kappa shape index (κ3) is 8.14. The van der Waals surface area contributed by atoms with E-state index in [-0.39, 0.29) is 6.61 Å². The molecule has 6 nitrogen and oxygen atoms in total. The fourth-order valence-corrected chi connectivity index (χ4v) is 1.53. The van der Waals surface area contributed by atoms with Gasteiger partial charge in [0.25, 0.3) is 0 Å². The summed E-state index contributed by atoms with van der Waals surface area (Å²) in [4.78, 5) is 24.0. The zero-order valence-corrected chi connectivity index (χ0v) is 9.76. The summed E-state index contributed by atoms with van der Waals surface area (Å²) >= 11 is 0. The van der Waals surface area contributed by atoms with Crippen molar-refractivity contribution >= 4 is 0 Å². The first kappa shape index (κ1) is 14.8. The number of unbranched alkanes of at least 4 members (excludes halogenated alkanes) is 5. The van der Waals surface area contributed by atoms with Crippen molar-refractivity contribution in [2.75, 3.05) is 6.61 Å². The van der Waals surface area contributed by atoms with Gasteiger partial charge in [-0.1, -0.05) is 39.0 Å². The normalized spacial score (nSPS) is 12.1. The Labute approximate surface area is 95.4 Å². The van der Waals surface area contributed by atoms with E-state index >= 15 is 0 Å². The van der Waals surface area contributed by atoms with E-state index in [4.69, 9.17) is 0 Å². The lowest BCUT2D eigenvalue weighted by atomic mass is 10.1. The average molecular weight is 232 g/mol. The lowest BCUT2D eigenvalue weighted by Crippen LogP contribution is -2.24. The van der Waals surface area contributed by atoms with Gasteiger partial charge in [0, 0.05) is 11.3 Å². The maximum Gasteiger partial charge on any atom is 0.249 e. The predicted molar refractivity (Wildman–Crippen MR) is 60.5 cm³/mol. The van der Waals surface area contributed by atoms with Gasteiger partial charge < -0.3 is 4.84 Å². The van der Waals surface area contributed by atoms with Crippen molar-refractivity contribution in [3.05, 3.63) is 15.0 Å². The standard InChI is InChI=1S/C10H20N2O4/c1-2-3-4-5-6-7-8-10(12(14)15)9-16-11-13/h10H,2-9H2,1H3. The second-order valence-electron chi connectivity index (χ2n) is 3.87. The zero-order chi connectivity index (χ0) is 12.2. The molecule has 0 aromatic carbocycles. The van der Waals surface area contributed by atoms with Gasteiger partial charge in [-0.3, -0.25) is 10.1 Å². The molecular formula is C10H20N2O4. The largest absolute Gasteiger partial charge is 0.357 e. The van der Waals surface area contributed by atoms with Crippen LogP contribution in [0.1, 0.15) is 51.9 Å². The van der Waals surface area contributed by atoms with Gasteiger partial charge in [-0.05, 0) is 6.42 Å². The molecule has 0 saturated heterocycles. The van der Waals surface area contributed by atoms with E-state index < -0.39 is 11.0 Å². The van der Waals surface area contributed by atoms with E-state index in [1.807, 2.05) is 0 Å². The lowest BCUT2D eigenvalue weighted by molar-refractivity contribution is -0.527.